The Morgan fingerprint density at radius 2 is 2.31 bits per heavy atom. The van der Waals surface area contributed by atoms with Gasteiger partial charge in [0.05, 0.1) is 6.07 Å². The lowest BCUT2D eigenvalue weighted by Gasteiger charge is -2.38. The third kappa shape index (κ3) is 3.41. The van der Waals surface area contributed by atoms with Gasteiger partial charge < -0.3 is 4.90 Å². The molecule has 0 aromatic rings. The molecule has 1 rings (SSSR count). The Balaban J connectivity index is 2.63. The van der Waals surface area contributed by atoms with Crippen LogP contribution in [0.5, 0.6) is 0 Å². The molecule has 0 radical (unpaired) electrons. The highest BCUT2D eigenvalue weighted by Gasteiger charge is 2.32. The smallest absolute Gasteiger partial charge is 0.239 e. The second kappa shape index (κ2) is 5.58. The Labute approximate surface area is 102 Å². The molecule has 0 spiro atoms. The van der Waals surface area contributed by atoms with E-state index in [2.05, 4.69) is 19.9 Å². The zero-order valence-corrected chi connectivity index (χ0v) is 11.1. The highest BCUT2D eigenvalue weighted by molar-refractivity contribution is 8.00. The number of nitrogens with zero attached hydrogens (tertiary/aromatic N) is 2. The summed E-state index contributed by atoms with van der Waals surface area (Å²) < 4.78 is 0.125. The van der Waals surface area contributed by atoms with Crippen molar-refractivity contribution in [2.45, 2.75) is 38.4 Å². The van der Waals surface area contributed by atoms with E-state index >= 15 is 0 Å². The van der Waals surface area contributed by atoms with Gasteiger partial charge >= 0.3 is 0 Å². The minimum absolute atomic E-state index is 0.0257. The van der Waals surface area contributed by atoms with Crippen molar-refractivity contribution in [2.24, 2.45) is 5.92 Å². The van der Waals surface area contributed by atoms with Crippen molar-refractivity contribution in [3.63, 3.8) is 0 Å². The van der Waals surface area contributed by atoms with Gasteiger partial charge in [0.25, 0.3) is 0 Å². The molecule has 1 fully saturated rings. The molecule has 0 bridgehead atoms. The van der Waals surface area contributed by atoms with Gasteiger partial charge in [-0.1, -0.05) is 13.3 Å². The fourth-order valence-corrected chi connectivity index (χ4v) is 3.07. The summed E-state index contributed by atoms with van der Waals surface area (Å²) >= 11 is 1.90. The minimum Gasteiger partial charge on any atom is -0.339 e. The van der Waals surface area contributed by atoms with Crippen molar-refractivity contribution >= 4 is 17.7 Å². The van der Waals surface area contributed by atoms with E-state index in [1.54, 1.807) is 0 Å². The molecule has 1 saturated heterocycles. The lowest BCUT2D eigenvalue weighted by atomic mass is 10.0. The van der Waals surface area contributed by atoms with Crippen LogP contribution in [0.1, 0.15) is 33.6 Å². The van der Waals surface area contributed by atoms with Gasteiger partial charge in [-0.2, -0.15) is 17.0 Å². The molecule has 1 unspecified atom stereocenters. The van der Waals surface area contributed by atoms with Crippen LogP contribution in [0.25, 0.3) is 0 Å². The van der Waals surface area contributed by atoms with Gasteiger partial charge in [-0.15, -0.1) is 0 Å². The fraction of sp³-hybridized carbons (Fsp3) is 0.833. The van der Waals surface area contributed by atoms with Crippen LogP contribution < -0.4 is 0 Å². The van der Waals surface area contributed by atoms with Gasteiger partial charge in [0, 0.05) is 23.6 Å². The van der Waals surface area contributed by atoms with Crippen LogP contribution in [0.15, 0.2) is 0 Å². The van der Waals surface area contributed by atoms with Gasteiger partial charge in [0.2, 0.25) is 5.91 Å². The fourth-order valence-electron chi connectivity index (χ4n) is 1.96. The number of nitriles is 1. The Kier molecular flexibility index (Phi) is 4.67. The Morgan fingerprint density at radius 1 is 1.62 bits per heavy atom. The van der Waals surface area contributed by atoms with E-state index in [0.29, 0.717) is 6.42 Å². The SMILES string of the molecule is CCCC(C#N)C(=O)N1CCSC(C)(C)C1. The van der Waals surface area contributed by atoms with Crippen LogP contribution >= 0.6 is 11.8 Å². The van der Waals surface area contributed by atoms with Crippen molar-refractivity contribution in [3.8, 4) is 6.07 Å². The van der Waals surface area contributed by atoms with E-state index in [4.69, 9.17) is 5.26 Å². The van der Waals surface area contributed by atoms with Gasteiger partial charge in [0.1, 0.15) is 5.92 Å². The van der Waals surface area contributed by atoms with E-state index in [9.17, 15) is 4.79 Å². The van der Waals surface area contributed by atoms with E-state index in [-0.39, 0.29) is 10.7 Å². The number of hydrogen-bond acceptors (Lipinski definition) is 3. The number of amides is 1. The Morgan fingerprint density at radius 3 is 2.81 bits per heavy atom. The molecule has 1 aliphatic heterocycles. The lowest BCUT2D eigenvalue weighted by molar-refractivity contribution is -0.134. The second-order valence-electron chi connectivity index (χ2n) is 4.84. The molecule has 0 N–H and O–H groups in total. The molecule has 90 valence electrons. The third-order valence-electron chi connectivity index (χ3n) is 2.77. The van der Waals surface area contributed by atoms with Crippen molar-refractivity contribution in [3.05, 3.63) is 0 Å². The molecular formula is C12H20N2OS. The maximum Gasteiger partial charge on any atom is 0.239 e. The van der Waals surface area contributed by atoms with Crippen molar-refractivity contribution < 1.29 is 4.79 Å². The van der Waals surface area contributed by atoms with Gasteiger partial charge in [-0.05, 0) is 20.3 Å². The van der Waals surface area contributed by atoms with Crippen LogP contribution in [0.2, 0.25) is 0 Å². The first-order valence-electron chi connectivity index (χ1n) is 5.82. The van der Waals surface area contributed by atoms with E-state index in [0.717, 1.165) is 25.3 Å². The number of carbonyl (C=O) groups excluding carboxylic acids is 1. The highest BCUT2D eigenvalue weighted by atomic mass is 32.2. The first kappa shape index (κ1) is 13.4. The molecule has 1 atom stereocenters. The number of rotatable bonds is 3. The van der Waals surface area contributed by atoms with Crippen molar-refractivity contribution in [1.29, 1.82) is 5.26 Å². The summed E-state index contributed by atoms with van der Waals surface area (Å²) in [6.07, 6.45) is 1.56. The molecule has 16 heavy (non-hydrogen) atoms. The lowest BCUT2D eigenvalue weighted by Crippen LogP contribution is -2.48. The highest BCUT2D eigenvalue weighted by Crippen LogP contribution is 2.30. The molecule has 3 nitrogen and oxygen atoms in total. The number of carbonyl (C=O) groups is 1. The Hall–Kier alpha value is -0.690. The summed E-state index contributed by atoms with van der Waals surface area (Å²) in [6.45, 7) is 7.86. The van der Waals surface area contributed by atoms with Gasteiger partial charge in [-0.25, -0.2) is 0 Å². The van der Waals surface area contributed by atoms with Crippen LogP contribution in [0, 0.1) is 17.2 Å². The van der Waals surface area contributed by atoms with Crippen LogP contribution in [-0.4, -0.2) is 34.4 Å². The second-order valence-corrected chi connectivity index (χ2v) is 6.64. The minimum atomic E-state index is -0.441. The van der Waals surface area contributed by atoms with E-state index in [1.807, 2.05) is 23.6 Å². The van der Waals surface area contributed by atoms with Crippen LogP contribution in [-0.2, 0) is 4.79 Å². The molecule has 1 heterocycles. The zero-order valence-electron chi connectivity index (χ0n) is 10.3. The first-order chi connectivity index (χ1) is 7.50. The predicted octanol–water partition coefficient (Wildman–Crippen LogP) is 2.28. The summed E-state index contributed by atoms with van der Waals surface area (Å²) in [5.74, 6) is 0.560. The number of thioether (sulfide) groups is 1. The first-order valence-corrected chi connectivity index (χ1v) is 6.81. The van der Waals surface area contributed by atoms with Gasteiger partial charge in [0.15, 0.2) is 0 Å². The summed E-state index contributed by atoms with van der Waals surface area (Å²) in [4.78, 5) is 14.0. The van der Waals surface area contributed by atoms with Crippen LogP contribution in [0.4, 0.5) is 0 Å². The standard InChI is InChI=1S/C12H20N2OS/c1-4-5-10(8-13)11(15)14-6-7-16-12(2,3)9-14/h10H,4-7,9H2,1-3H3. The molecular weight excluding hydrogens is 220 g/mol. The molecule has 0 aromatic carbocycles. The third-order valence-corrected chi connectivity index (χ3v) is 4.07. The monoisotopic (exact) mass is 240 g/mol. The molecule has 0 aromatic heterocycles. The average Bonchev–Trinajstić information content (AvgIpc) is 2.23. The van der Waals surface area contributed by atoms with Crippen LogP contribution in [0.3, 0.4) is 0 Å². The summed E-state index contributed by atoms with van der Waals surface area (Å²) in [7, 11) is 0. The maximum absolute atomic E-state index is 12.1. The number of hydrogen-bond donors (Lipinski definition) is 0. The maximum atomic E-state index is 12.1. The van der Waals surface area contributed by atoms with E-state index < -0.39 is 5.92 Å². The van der Waals surface area contributed by atoms with Crippen molar-refractivity contribution in [2.75, 3.05) is 18.8 Å². The molecule has 4 heteroatoms. The molecule has 0 aliphatic carbocycles. The Bertz CT molecular complexity index is 296. The van der Waals surface area contributed by atoms with E-state index in [1.165, 1.54) is 0 Å². The summed E-state index contributed by atoms with van der Waals surface area (Å²) in [6, 6.07) is 2.13. The van der Waals surface area contributed by atoms with Crippen molar-refractivity contribution in [1.82, 2.24) is 4.90 Å². The molecule has 1 amide bonds. The quantitative estimate of drug-likeness (QED) is 0.760. The topological polar surface area (TPSA) is 44.1 Å². The zero-order chi connectivity index (χ0) is 12.2. The van der Waals surface area contributed by atoms with Gasteiger partial charge in [-0.3, -0.25) is 4.79 Å². The summed E-state index contributed by atoms with van der Waals surface area (Å²) in [5.41, 5.74) is 0. The normalized spacial score (nSPS) is 21.2. The largest absolute Gasteiger partial charge is 0.339 e. The average molecular weight is 240 g/mol. The predicted molar refractivity (Wildman–Crippen MR) is 67.1 cm³/mol. The summed E-state index contributed by atoms with van der Waals surface area (Å²) in [5, 5.41) is 8.99. The molecule has 1 aliphatic rings. The molecule has 0 saturated carbocycles.